The van der Waals surface area contributed by atoms with Gasteiger partial charge in [-0.25, -0.2) is 0 Å². The molecule has 0 aliphatic heterocycles. The van der Waals surface area contributed by atoms with Crippen molar-refractivity contribution in [3.05, 3.63) is 95.6 Å². The highest BCUT2D eigenvalue weighted by molar-refractivity contribution is 5.94. The molecule has 0 atom stereocenters. The lowest BCUT2D eigenvalue weighted by Crippen LogP contribution is -2.22. The molecule has 5 rings (SSSR count). The highest BCUT2D eigenvalue weighted by Crippen LogP contribution is 2.43. The minimum atomic E-state index is 0.113. The number of hydrogen-bond acceptors (Lipinski definition) is 1. The Balaban J connectivity index is 1.65. The SMILES string of the molecule is CCCC(=O)NCc1c(-c2cccc3c2Cc2ccccc2-3)ccc2ccccc12. The predicted octanol–water partition coefficient (Wildman–Crippen LogP) is 6.49. The van der Waals surface area contributed by atoms with Crippen LogP contribution < -0.4 is 5.32 Å². The lowest BCUT2D eigenvalue weighted by atomic mass is 9.89. The zero-order valence-electron chi connectivity index (χ0n) is 17.2. The largest absolute Gasteiger partial charge is 0.352 e. The number of nitrogens with one attached hydrogen (secondary N) is 1. The van der Waals surface area contributed by atoms with Gasteiger partial charge < -0.3 is 5.32 Å². The summed E-state index contributed by atoms with van der Waals surface area (Å²) in [6, 6.07) is 28.2. The van der Waals surface area contributed by atoms with Gasteiger partial charge in [-0.2, -0.15) is 0 Å². The van der Waals surface area contributed by atoms with Crippen molar-refractivity contribution < 1.29 is 4.79 Å². The first-order chi connectivity index (χ1) is 14.8. The molecule has 0 heterocycles. The number of hydrogen-bond donors (Lipinski definition) is 1. The summed E-state index contributed by atoms with van der Waals surface area (Å²) in [5.41, 5.74) is 9.13. The second-order valence-corrected chi connectivity index (χ2v) is 8.01. The Labute approximate surface area is 177 Å². The number of rotatable bonds is 5. The van der Waals surface area contributed by atoms with E-state index < -0.39 is 0 Å². The van der Waals surface area contributed by atoms with Crippen molar-refractivity contribution in [1.29, 1.82) is 0 Å². The number of carbonyl (C=O) groups is 1. The molecule has 0 saturated heterocycles. The second-order valence-electron chi connectivity index (χ2n) is 8.01. The number of benzene rings is 4. The molecule has 30 heavy (non-hydrogen) atoms. The van der Waals surface area contributed by atoms with E-state index in [0.29, 0.717) is 13.0 Å². The van der Waals surface area contributed by atoms with E-state index in [9.17, 15) is 4.79 Å². The van der Waals surface area contributed by atoms with Crippen LogP contribution in [0.25, 0.3) is 33.0 Å². The van der Waals surface area contributed by atoms with Gasteiger partial charge in [-0.1, -0.05) is 85.8 Å². The van der Waals surface area contributed by atoms with Crippen LogP contribution in [0.2, 0.25) is 0 Å². The van der Waals surface area contributed by atoms with Gasteiger partial charge in [0.1, 0.15) is 0 Å². The molecule has 0 aromatic heterocycles. The van der Waals surface area contributed by atoms with E-state index in [0.717, 1.165) is 12.8 Å². The molecule has 1 N–H and O–H groups in total. The van der Waals surface area contributed by atoms with Gasteiger partial charge in [0.15, 0.2) is 0 Å². The fourth-order valence-corrected chi connectivity index (χ4v) is 4.69. The van der Waals surface area contributed by atoms with E-state index in [1.54, 1.807) is 0 Å². The molecule has 2 heteroatoms. The van der Waals surface area contributed by atoms with Crippen molar-refractivity contribution in [2.75, 3.05) is 0 Å². The van der Waals surface area contributed by atoms with Crippen LogP contribution in [0.4, 0.5) is 0 Å². The van der Waals surface area contributed by atoms with Crippen molar-refractivity contribution in [1.82, 2.24) is 5.32 Å². The molecule has 0 bridgehead atoms. The number of fused-ring (bicyclic) bond motifs is 4. The van der Waals surface area contributed by atoms with Crippen molar-refractivity contribution in [3.8, 4) is 22.3 Å². The zero-order chi connectivity index (χ0) is 20.5. The average Bonchev–Trinajstić information content (AvgIpc) is 3.16. The van der Waals surface area contributed by atoms with Crippen LogP contribution in [0.3, 0.4) is 0 Å². The third kappa shape index (κ3) is 3.19. The Hall–Kier alpha value is -3.39. The van der Waals surface area contributed by atoms with E-state index in [2.05, 4.69) is 84.2 Å². The number of carbonyl (C=O) groups excluding carboxylic acids is 1. The standard InChI is InChI=1S/C28H25NO/c1-2-8-28(30)29-18-27-21-11-5-3-9-19(21)15-16-25(27)24-14-7-13-23-22-12-6-4-10-20(22)17-26(23)24/h3-7,9-16H,2,8,17-18H2,1H3,(H,29,30). The van der Waals surface area contributed by atoms with Crippen molar-refractivity contribution in [2.45, 2.75) is 32.7 Å². The summed E-state index contributed by atoms with van der Waals surface area (Å²) in [5, 5.41) is 5.56. The molecule has 0 saturated carbocycles. The minimum absolute atomic E-state index is 0.113. The first kappa shape index (κ1) is 18.6. The first-order valence-corrected chi connectivity index (χ1v) is 10.7. The van der Waals surface area contributed by atoms with Crippen LogP contribution in [-0.2, 0) is 17.8 Å². The lowest BCUT2D eigenvalue weighted by Gasteiger charge is -2.17. The summed E-state index contributed by atoms with van der Waals surface area (Å²) in [6.45, 7) is 2.58. The van der Waals surface area contributed by atoms with Gasteiger partial charge in [-0.15, -0.1) is 0 Å². The Morgan fingerprint density at radius 3 is 2.40 bits per heavy atom. The average molecular weight is 392 g/mol. The molecule has 1 aliphatic rings. The Morgan fingerprint density at radius 1 is 0.800 bits per heavy atom. The molecule has 0 fully saturated rings. The minimum Gasteiger partial charge on any atom is -0.352 e. The van der Waals surface area contributed by atoms with Crippen LogP contribution in [0.15, 0.2) is 78.9 Å². The van der Waals surface area contributed by atoms with Gasteiger partial charge >= 0.3 is 0 Å². The third-order valence-corrected chi connectivity index (χ3v) is 6.12. The van der Waals surface area contributed by atoms with E-state index >= 15 is 0 Å². The highest BCUT2D eigenvalue weighted by Gasteiger charge is 2.22. The van der Waals surface area contributed by atoms with Crippen LogP contribution >= 0.6 is 0 Å². The van der Waals surface area contributed by atoms with E-state index in [1.165, 1.54) is 49.7 Å². The summed E-state index contributed by atoms with van der Waals surface area (Å²) in [7, 11) is 0. The van der Waals surface area contributed by atoms with E-state index in [-0.39, 0.29) is 5.91 Å². The molecule has 1 amide bonds. The Bertz CT molecular complexity index is 1250. The number of amides is 1. The smallest absolute Gasteiger partial charge is 0.220 e. The Kier molecular flexibility index (Phi) is 4.84. The molecular formula is C28H25NO. The van der Waals surface area contributed by atoms with Crippen molar-refractivity contribution in [2.24, 2.45) is 0 Å². The molecule has 0 radical (unpaired) electrons. The zero-order valence-corrected chi connectivity index (χ0v) is 17.2. The maximum absolute atomic E-state index is 12.2. The van der Waals surface area contributed by atoms with E-state index in [4.69, 9.17) is 0 Å². The Morgan fingerprint density at radius 2 is 1.53 bits per heavy atom. The molecule has 4 aromatic carbocycles. The fraction of sp³-hybridized carbons (Fsp3) is 0.179. The maximum atomic E-state index is 12.2. The van der Waals surface area contributed by atoms with Crippen LogP contribution in [0.5, 0.6) is 0 Å². The third-order valence-electron chi connectivity index (χ3n) is 6.12. The molecule has 0 spiro atoms. The topological polar surface area (TPSA) is 29.1 Å². The summed E-state index contributed by atoms with van der Waals surface area (Å²) < 4.78 is 0. The molecule has 148 valence electrons. The van der Waals surface area contributed by atoms with Crippen molar-refractivity contribution >= 4 is 16.7 Å². The van der Waals surface area contributed by atoms with Gasteiger partial charge in [-0.05, 0) is 62.6 Å². The highest BCUT2D eigenvalue weighted by atomic mass is 16.1. The van der Waals surface area contributed by atoms with Crippen molar-refractivity contribution in [3.63, 3.8) is 0 Å². The quantitative estimate of drug-likeness (QED) is 0.364. The summed E-state index contributed by atoms with van der Waals surface area (Å²) in [4.78, 5) is 12.2. The molecule has 2 nitrogen and oxygen atoms in total. The normalized spacial score (nSPS) is 11.9. The van der Waals surface area contributed by atoms with E-state index in [1.807, 2.05) is 6.92 Å². The van der Waals surface area contributed by atoms with Gasteiger partial charge in [0.05, 0.1) is 0 Å². The van der Waals surface area contributed by atoms with Crippen LogP contribution in [0, 0.1) is 0 Å². The monoisotopic (exact) mass is 391 g/mol. The van der Waals surface area contributed by atoms with Crippen LogP contribution in [0.1, 0.15) is 36.5 Å². The summed E-state index contributed by atoms with van der Waals surface area (Å²) in [6.07, 6.45) is 2.38. The lowest BCUT2D eigenvalue weighted by molar-refractivity contribution is -0.121. The van der Waals surface area contributed by atoms with Crippen LogP contribution in [-0.4, -0.2) is 5.91 Å². The van der Waals surface area contributed by atoms with Gasteiger partial charge in [0.25, 0.3) is 0 Å². The van der Waals surface area contributed by atoms with Gasteiger partial charge in [0.2, 0.25) is 5.91 Å². The maximum Gasteiger partial charge on any atom is 0.220 e. The fourth-order valence-electron chi connectivity index (χ4n) is 4.69. The van der Waals surface area contributed by atoms with Gasteiger partial charge in [-0.3, -0.25) is 4.79 Å². The second kappa shape index (κ2) is 7.79. The summed E-state index contributed by atoms with van der Waals surface area (Å²) >= 11 is 0. The molecular weight excluding hydrogens is 366 g/mol. The molecule has 1 aliphatic carbocycles. The van der Waals surface area contributed by atoms with Gasteiger partial charge in [0, 0.05) is 13.0 Å². The first-order valence-electron chi connectivity index (χ1n) is 10.7. The predicted molar refractivity (Wildman–Crippen MR) is 124 cm³/mol. The molecule has 4 aromatic rings. The molecule has 0 unspecified atom stereocenters. The summed E-state index contributed by atoms with van der Waals surface area (Å²) in [5.74, 6) is 0.113.